The van der Waals surface area contributed by atoms with E-state index in [-0.39, 0.29) is 12.0 Å². The monoisotopic (exact) mass is 461 g/mol. The lowest BCUT2D eigenvalue weighted by molar-refractivity contribution is -0.134. The van der Waals surface area contributed by atoms with Crippen LogP contribution in [0.25, 0.3) is 0 Å². The van der Waals surface area contributed by atoms with Gasteiger partial charge in [-0.05, 0) is 98.6 Å². The molecule has 1 aliphatic heterocycles. The van der Waals surface area contributed by atoms with E-state index in [1.165, 1.54) is 5.69 Å². The zero-order valence-electron chi connectivity index (χ0n) is 19.9. The molecule has 7 heteroatoms. The fraction of sp³-hybridized carbons (Fsp3) is 0.556. The molecule has 2 heterocycles. The van der Waals surface area contributed by atoms with Crippen LogP contribution in [0.1, 0.15) is 61.0 Å². The number of primary amides is 1. The zero-order chi connectivity index (χ0) is 23.6. The molecule has 180 valence electrons. The van der Waals surface area contributed by atoms with Crippen molar-refractivity contribution in [3.05, 3.63) is 47.7 Å². The van der Waals surface area contributed by atoms with Crippen molar-refractivity contribution < 1.29 is 9.90 Å². The summed E-state index contributed by atoms with van der Waals surface area (Å²) in [5.74, 6) is 2.12. The molecule has 7 rings (SSSR count). The van der Waals surface area contributed by atoms with E-state index < -0.39 is 11.5 Å². The summed E-state index contributed by atoms with van der Waals surface area (Å²) in [6.45, 7) is 4.75. The molecule has 4 saturated carbocycles. The second-order valence-electron chi connectivity index (χ2n) is 11.3. The van der Waals surface area contributed by atoms with Crippen molar-refractivity contribution in [2.24, 2.45) is 23.5 Å². The minimum absolute atomic E-state index is 0.237. The third kappa shape index (κ3) is 3.61. The van der Waals surface area contributed by atoms with Crippen molar-refractivity contribution >= 4 is 23.1 Å². The number of hydrogen-bond acceptors (Lipinski definition) is 6. The highest BCUT2D eigenvalue weighted by Crippen LogP contribution is 2.61. The number of anilines is 3. The standard InChI is InChI=1S/C27H35N5O2/c1-16-15-31(21-4-2-20(28)3-5-21)8-9-32(16)23-7-6-22(25(30-23)26(29)33)24-18-10-17-11-19(24)14-27(34,12-17)13-18/h2-7,16-19,24,34H,8-15,28H2,1H3,(H2,29,33). The molecule has 3 unspecified atom stereocenters. The fourth-order valence-electron chi connectivity index (χ4n) is 7.79. The number of piperazine rings is 1. The number of nitrogens with two attached hydrogens (primary N) is 2. The Morgan fingerprint density at radius 1 is 1.06 bits per heavy atom. The number of benzene rings is 1. The molecule has 1 amide bonds. The lowest BCUT2D eigenvalue weighted by Gasteiger charge is -2.58. The number of nitrogen functional groups attached to an aromatic ring is 1. The second kappa shape index (κ2) is 7.87. The van der Waals surface area contributed by atoms with Gasteiger partial charge in [0.15, 0.2) is 0 Å². The van der Waals surface area contributed by atoms with Crippen LogP contribution in [0.3, 0.4) is 0 Å². The van der Waals surface area contributed by atoms with E-state index in [0.717, 1.165) is 68.8 Å². The molecule has 1 aromatic carbocycles. The lowest BCUT2D eigenvalue weighted by Crippen LogP contribution is -2.54. The first kappa shape index (κ1) is 21.7. The van der Waals surface area contributed by atoms with Crippen LogP contribution < -0.4 is 21.3 Å². The Morgan fingerprint density at radius 2 is 1.76 bits per heavy atom. The Morgan fingerprint density at radius 3 is 2.38 bits per heavy atom. The number of pyridine rings is 1. The Hall–Kier alpha value is -2.80. The van der Waals surface area contributed by atoms with E-state index in [2.05, 4.69) is 41.0 Å². The van der Waals surface area contributed by atoms with Crippen LogP contribution in [0.5, 0.6) is 0 Å². The van der Waals surface area contributed by atoms with E-state index in [1.54, 1.807) is 0 Å². The van der Waals surface area contributed by atoms with Crippen LogP contribution in [0.15, 0.2) is 36.4 Å². The van der Waals surface area contributed by atoms with Crippen molar-refractivity contribution in [2.45, 2.75) is 56.6 Å². The normalized spacial score (nSPS) is 34.5. The number of hydrogen-bond donors (Lipinski definition) is 3. The number of aromatic nitrogens is 1. The molecule has 5 aliphatic rings. The quantitative estimate of drug-likeness (QED) is 0.604. The third-order valence-corrected chi connectivity index (χ3v) is 8.93. The average Bonchev–Trinajstić information content (AvgIpc) is 2.78. The van der Waals surface area contributed by atoms with Gasteiger partial charge in [0.05, 0.1) is 5.60 Å². The van der Waals surface area contributed by atoms with E-state index in [9.17, 15) is 9.90 Å². The van der Waals surface area contributed by atoms with Crippen LogP contribution in [-0.4, -0.2) is 47.3 Å². The van der Waals surface area contributed by atoms with Gasteiger partial charge in [-0.3, -0.25) is 4.79 Å². The predicted molar refractivity (Wildman–Crippen MR) is 134 cm³/mol. The van der Waals surface area contributed by atoms with Gasteiger partial charge in [-0.25, -0.2) is 4.98 Å². The minimum atomic E-state index is -0.493. The van der Waals surface area contributed by atoms with Gasteiger partial charge >= 0.3 is 0 Å². The fourth-order valence-corrected chi connectivity index (χ4v) is 7.79. The molecule has 1 aromatic heterocycles. The van der Waals surface area contributed by atoms with Gasteiger partial charge in [0, 0.05) is 37.1 Å². The van der Waals surface area contributed by atoms with Gasteiger partial charge in [-0.1, -0.05) is 6.07 Å². The minimum Gasteiger partial charge on any atom is -0.399 e. The summed E-state index contributed by atoms with van der Waals surface area (Å²) >= 11 is 0. The summed E-state index contributed by atoms with van der Waals surface area (Å²) in [6, 6.07) is 12.4. The van der Waals surface area contributed by atoms with E-state index in [1.807, 2.05) is 12.1 Å². The first-order valence-electron chi connectivity index (χ1n) is 12.7. The van der Waals surface area contributed by atoms with Crippen LogP contribution in [0.4, 0.5) is 17.2 Å². The summed E-state index contributed by atoms with van der Waals surface area (Å²) in [6.07, 6.45) is 4.93. The molecule has 4 bridgehead atoms. The van der Waals surface area contributed by atoms with Crippen LogP contribution >= 0.6 is 0 Å². The highest BCUT2D eigenvalue weighted by Gasteiger charge is 2.55. The van der Waals surface area contributed by atoms with Crippen molar-refractivity contribution in [3.8, 4) is 0 Å². The number of nitrogens with zero attached hydrogens (tertiary/aromatic N) is 3. The highest BCUT2D eigenvalue weighted by molar-refractivity contribution is 5.93. The average molecular weight is 462 g/mol. The molecule has 1 saturated heterocycles. The van der Waals surface area contributed by atoms with Gasteiger partial charge < -0.3 is 26.4 Å². The Balaban J connectivity index is 1.25. The van der Waals surface area contributed by atoms with E-state index >= 15 is 0 Å². The Bertz CT molecular complexity index is 1090. The van der Waals surface area contributed by atoms with E-state index in [0.29, 0.717) is 23.4 Å². The molecule has 0 spiro atoms. The zero-order valence-corrected chi connectivity index (χ0v) is 19.9. The largest absolute Gasteiger partial charge is 0.399 e. The first-order valence-corrected chi connectivity index (χ1v) is 12.7. The lowest BCUT2D eigenvalue weighted by atomic mass is 9.49. The number of rotatable bonds is 4. The Kier molecular flexibility index (Phi) is 5.03. The summed E-state index contributed by atoms with van der Waals surface area (Å²) in [5.41, 5.74) is 14.6. The first-order chi connectivity index (χ1) is 16.3. The molecular formula is C27H35N5O2. The maximum Gasteiger partial charge on any atom is 0.267 e. The smallest absolute Gasteiger partial charge is 0.267 e. The predicted octanol–water partition coefficient (Wildman–Crippen LogP) is 3.13. The van der Waals surface area contributed by atoms with Gasteiger partial charge in [-0.2, -0.15) is 0 Å². The van der Waals surface area contributed by atoms with E-state index in [4.69, 9.17) is 16.5 Å². The maximum atomic E-state index is 12.6. The molecule has 34 heavy (non-hydrogen) atoms. The third-order valence-electron chi connectivity index (χ3n) is 8.93. The van der Waals surface area contributed by atoms with Crippen LogP contribution in [0.2, 0.25) is 0 Å². The molecule has 5 fully saturated rings. The van der Waals surface area contributed by atoms with Gasteiger partial charge in [0.25, 0.3) is 5.91 Å². The Labute approximate surface area is 201 Å². The van der Waals surface area contributed by atoms with Crippen molar-refractivity contribution in [2.75, 3.05) is 35.2 Å². The van der Waals surface area contributed by atoms with Crippen LogP contribution in [0, 0.1) is 17.8 Å². The summed E-state index contributed by atoms with van der Waals surface area (Å²) in [5, 5.41) is 11.0. The molecule has 0 radical (unpaired) electrons. The number of amides is 1. The summed E-state index contributed by atoms with van der Waals surface area (Å²) < 4.78 is 0. The van der Waals surface area contributed by atoms with Gasteiger partial charge in [-0.15, -0.1) is 0 Å². The van der Waals surface area contributed by atoms with Crippen LogP contribution in [-0.2, 0) is 0 Å². The molecule has 5 N–H and O–H groups in total. The maximum absolute atomic E-state index is 12.6. The number of aliphatic hydroxyl groups is 1. The van der Waals surface area contributed by atoms with Gasteiger partial charge in [0.2, 0.25) is 0 Å². The SMILES string of the molecule is CC1CN(c2ccc(N)cc2)CCN1c1ccc(C2C3CC4CC2CC(O)(C4)C3)c(C(N)=O)n1. The molecular weight excluding hydrogens is 426 g/mol. The summed E-state index contributed by atoms with van der Waals surface area (Å²) in [7, 11) is 0. The molecule has 3 atom stereocenters. The van der Waals surface area contributed by atoms with Crippen molar-refractivity contribution in [1.82, 2.24) is 4.98 Å². The molecule has 7 nitrogen and oxygen atoms in total. The van der Waals surface area contributed by atoms with Crippen molar-refractivity contribution in [1.29, 1.82) is 0 Å². The number of carbonyl (C=O) groups is 1. The molecule has 4 aliphatic carbocycles. The topological polar surface area (TPSA) is 109 Å². The number of carbonyl (C=O) groups excluding carboxylic acids is 1. The van der Waals surface area contributed by atoms with Crippen molar-refractivity contribution in [3.63, 3.8) is 0 Å². The van der Waals surface area contributed by atoms with Gasteiger partial charge in [0.1, 0.15) is 11.5 Å². The highest BCUT2D eigenvalue weighted by atomic mass is 16.3. The second-order valence-corrected chi connectivity index (χ2v) is 11.3. The summed E-state index contributed by atoms with van der Waals surface area (Å²) in [4.78, 5) is 22.1. The molecule has 2 aromatic rings.